The van der Waals surface area contributed by atoms with Crippen molar-refractivity contribution in [3.8, 4) is 0 Å². The first-order chi connectivity index (χ1) is 10.3. The molecule has 0 saturated heterocycles. The molecule has 1 aromatic carbocycles. The first kappa shape index (κ1) is 18.4. The zero-order valence-corrected chi connectivity index (χ0v) is 14.5. The number of halogens is 1. The van der Waals surface area contributed by atoms with Crippen molar-refractivity contribution in [3.05, 3.63) is 35.6 Å². The molecular formula is C17H28FN3O. The van der Waals surface area contributed by atoms with Gasteiger partial charge >= 0.3 is 0 Å². The predicted molar refractivity (Wildman–Crippen MR) is 89.5 cm³/mol. The van der Waals surface area contributed by atoms with Crippen molar-refractivity contribution in [2.75, 3.05) is 27.7 Å². The standard InChI is InChI=1S/C17H28FN3O/c1-17(2,3)15(22-6)11-20-16(19-4)21(5)12-13-8-7-9-14(18)10-13/h7-10,15H,11-12H2,1-6H3,(H,19,20). The zero-order valence-electron chi connectivity index (χ0n) is 14.5. The molecule has 0 saturated carbocycles. The Bertz CT molecular complexity index is 497. The number of methoxy groups -OCH3 is 1. The van der Waals surface area contributed by atoms with Gasteiger partial charge in [-0.2, -0.15) is 0 Å². The molecule has 5 heteroatoms. The maximum Gasteiger partial charge on any atom is 0.193 e. The first-order valence-corrected chi connectivity index (χ1v) is 7.47. The van der Waals surface area contributed by atoms with Gasteiger partial charge in [-0.05, 0) is 23.1 Å². The molecule has 4 nitrogen and oxygen atoms in total. The summed E-state index contributed by atoms with van der Waals surface area (Å²) in [5.74, 6) is 0.539. The molecule has 1 N–H and O–H groups in total. The van der Waals surface area contributed by atoms with Crippen LogP contribution < -0.4 is 5.32 Å². The molecule has 1 atom stereocenters. The van der Waals surface area contributed by atoms with Crippen LogP contribution in [0.3, 0.4) is 0 Å². The van der Waals surface area contributed by atoms with Crippen LogP contribution in [0.1, 0.15) is 26.3 Å². The van der Waals surface area contributed by atoms with Gasteiger partial charge < -0.3 is 15.0 Å². The second kappa shape index (κ2) is 8.13. The summed E-state index contributed by atoms with van der Waals surface area (Å²) >= 11 is 0. The van der Waals surface area contributed by atoms with Gasteiger partial charge in [0.25, 0.3) is 0 Å². The van der Waals surface area contributed by atoms with Crippen LogP contribution in [0.5, 0.6) is 0 Å². The number of hydrogen-bond acceptors (Lipinski definition) is 2. The number of ether oxygens (including phenoxy) is 1. The lowest BCUT2D eigenvalue weighted by atomic mass is 9.89. The quantitative estimate of drug-likeness (QED) is 0.671. The molecule has 0 radical (unpaired) electrons. The largest absolute Gasteiger partial charge is 0.379 e. The van der Waals surface area contributed by atoms with Crippen molar-refractivity contribution in [1.29, 1.82) is 0 Å². The Labute approximate surface area is 133 Å². The lowest BCUT2D eigenvalue weighted by Crippen LogP contribution is -2.45. The lowest BCUT2D eigenvalue weighted by Gasteiger charge is -2.31. The fraction of sp³-hybridized carbons (Fsp3) is 0.588. The average molecular weight is 309 g/mol. The van der Waals surface area contributed by atoms with E-state index in [0.29, 0.717) is 13.1 Å². The minimum atomic E-state index is -0.221. The van der Waals surface area contributed by atoms with E-state index in [1.807, 2.05) is 18.0 Å². The third-order valence-corrected chi connectivity index (χ3v) is 3.58. The van der Waals surface area contributed by atoms with Crippen LogP contribution in [-0.2, 0) is 11.3 Å². The minimum absolute atomic E-state index is 0.0434. The number of aliphatic imine (C=N–C) groups is 1. The van der Waals surface area contributed by atoms with E-state index in [0.717, 1.165) is 11.5 Å². The van der Waals surface area contributed by atoms with Crippen molar-refractivity contribution in [2.45, 2.75) is 33.4 Å². The van der Waals surface area contributed by atoms with Gasteiger partial charge in [-0.25, -0.2) is 4.39 Å². The van der Waals surface area contributed by atoms with E-state index in [9.17, 15) is 4.39 Å². The smallest absolute Gasteiger partial charge is 0.193 e. The van der Waals surface area contributed by atoms with Crippen molar-refractivity contribution in [2.24, 2.45) is 10.4 Å². The van der Waals surface area contributed by atoms with Crippen LogP contribution >= 0.6 is 0 Å². The van der Waals surface area contributed by atoms with Gasteiger partial charge in [0.1, 0.15) is 5.82 Å². The summed E-state index contributed by atoms with van der Waals surface area (Å²) in [4.78, 5) is 6.24. The van der Waals surface area contributed by atoms with Crippen LogP contribution in [0.25, 0.3) is 0 Å². The summed E-state index contributed by atoms with van der Waals surface area (Å²) in [6.07, 6.45) is 0.0758. The molecular weight excluding hydrogens is 281 g/mol. The van der Waals surface area contributed by atoms with Crippen molar-refractivity contribution in [1.82, 2.24) is 10.2 Å². The summed E-state index contributed by atoms with van der Waals surface area (Å²) in [5.41, 5.74) is 0.950. The van der Waals surface area contributed by atoms with Gasteiger partial charge in [-0.15, -0.1) is 0 Å². The van der Waals surface area contributed by atoms with Crippen LogP contribution in [-0.4, -0.2) is 44.7 Å². The molecule has 1 rings (SSSR count). The summed E-state index contributed by atoms with van der Waals surface area (Å²) in [6.45, 7) is 7.68. The van der Waals surface area contributed by atoms with E-state index in [-0.39, 0.29) is 17.3 Å². The molecule has 0 bridgehead atoms. The van der Waals surface area contributed by atoms with Crippen LogP contribution in [0.4, 0.5) is 4.39 Å². The van der Waals surface area contributed by atoms with Gasteiger partial charge in [0.05, 0.1) is 6.10 Å². The number of nitrogens with one attached hydrogen (secondary N) is 1. The normalized spacial score (nSPS) is 13.9. The highest BCUT2D eigenvalue weighted by Crippen LogP contribution is 2.21. The van der Waals surface area contributed by atoms with Gasteiger partial charge in [0.15, 0.2) is 5.96 Å². The topological polar surface area (TPSA) is 36.9 Å². The van der Waals surface area contributed by atoms with Crippen molar-refractivity contribution < 1.29 is 9.13 Å². The predicted octanol–water partition coefficient (Wildman–Crippen LogP) is 2.89. The van der Waals surface area contributed by atoms with E-state index in [1.54, 1.807) is 20.2 Å². The first-order valence-electron chi connectivity index (χ1n) is 7.47. The highest BCUT2D eigenvalue weighted by Gasteiger charge is 2.24. The SMILES string of the molecule is CN=C(NCC(OC)C(C)(C)C)N(C)Cc1cccc(F)c1. The van der Waals surface area contributed by atoms with Gasteiger partial charge in [-0.1, -0.05) is 32.9 Å². The molecule has 0 aromatic heterocycles. The number of nitrogens with zero attached hydrogens (tertiary/aromatic N) is 2. The Kier molecular flexibility index (Phi) is 6.81. The maximum absolute atomic E-state index is 13.3. The van der Waals surface area contributed by atoms with E-state index >= 15 is 0 Å². The van der Waals surface area contributed by atoms with Crippen molar-refractivity contribution in [3.63, 3.8) is 0 Å². The van der Waals surface area contributed by atoms with E-state index in [4.69, 9.17) is 4.74 Å². The Morgan fingerprint density at radius 1 is 1.41 bits per heavy atom. The average Bonchev–Trinajstić information content (AvgIpc) is 2.42. The molecule has 22 heavy (non-hydrogen) atoms. The summed E-state index contributed by atoms with van der Waals surface area (Å²) in [6, 6.07) is 6.61. The van der Waals surface area contributed by atoms with Gasteiger partial charge in [-0.3, -0.25) is 4.99 Å². The Morgan fingerprint density at radius 2 is 2.09 bits per heavy atom. The van der Waals surface area contributed by atoms with Crippen LogP contribution in [0.2, 0.25) is 0 Å². The highest BCUT2D eigenvalue weighted by atomic mass is 19.1. The summed E-state index contributed by atoms with van der Waals surface area (Å²) in [5, 5.41) is 3.32. The summed E-state index contributed by atoms with van der Waals surface area (Å²) in [7, 11) is 5.39. The molecule has 1 aromatic rings. The molecule has 0 heterocycles. The Balaban J connectivity index is 2.64. The third kappa shape index (κ3) is 5.64. The van der Waals surface area contributed by atoms with Crippen LogP contribution in [0, 0.1) is 11.2 Å². The number of benzene rings is 1. The molecule has 124 valence electrons. The molecule has 0 aliphatic heterocycles. The van der Waals surface area contributed by atoms with E-state index in [2.05, 4.69) is 31.1 Å². The van der Waals surface area contributed by atoms with E-state index < -0.39 is 0 Å². The molecule has 0 aliphatic carbocycles. The van der Waals surface area contributed by atoms with Gasteiger partial charge in [0.2, 0.25) is 0 Å². The molecule has 1 unspecified atom stereocenters. The monoisotopic (exact) mass is 309 g/mol. The maximum atomic E-state index is 13.3. The Morgan fingerprint density at radius 3 is 2.59 bits per heavy atom. The second-order valence-electron chi connectivity index (χ2n) is 6.50. The van der Waals surface area contributed by atoms with Crippen molar-refractivity contribution >= 4 is 5.96 Å². The van der Waals surface area contributed by atoms with Gasteiger partial charge in [0, 0.05) is 34.3 Å². The third-order valence-electron chi connectivity index (χ3n) is 3.58. The number of rotatable bonds is 5. The van der Waals surface area contributed by atoms with Crippen LogP contribution in [0.15, 0.2) is 29.3 Å². The highest BCUT2D eigenvalue weighted by molar-refractivity contribution is 5.79. The number of guanidine groups is 1. The fourth-order valence-electron chi connectivity index (χ4n) is 2.30. The van der Waals surface area contributed by atoms with E-state index in [1.165, 1.54) is 12.1 Å². The molecule has 0 fully saturated rings. The summed E-state index contributed by atoms with van der Waals surface area (Å²) < 4.78 is 18.8. The second-order valence-corrected chi connectivity index (χ2v) is 6.50. The molecule has 0 amide bonds. The fourth-order valence-corrected chi connectivity index (χ4v) is 2.30. The zero-order chi connectivity index (χ0) is 16.8. The number of hydrogen-bond donors (Lipinski definition) is 1. The minimum Gasteiger partial charge on any atom is -0.379 e. The Hall–Kier alpha value is -1.62. The lowest BCUT2D eigenvalue weighted by molar-refractivity contribution is 0.0202. The molecule has 0 aliphatic rings. The molecule has 0 spiro atoms.